The van der Waals surface area contributed by atoms with Gasteiger partial charge in [0.25, 0.3) is 0 Å². The van der Waals surface area contributed by atoms with Gasteiger partial charge in [-0.25, -0.2) is 9.67 Å². The number of aromatic nitrogens is 4. The van der Waals surface area contributed by atoms with Crippen molar-refractivity contribution in [1.82, 2.24) is 19.7 Å². The topological polar surface area (TPSA) is 88.0 Å². The number of amides is 1. The summed E-state index contributed by atoms with van der Waals surface area (Å²) < 4.78 is 41.1. The predicted octanol–water partition coefficient (Wildman–Crippen LogP) is 3.33. The molecule has 1 saturated heterocycles. The van der Waals surface area contributed by atoms with Crippen LogP contribution in [-0.2, 0) is 11.0 Å². The number of carbonyl (C=O) groups excluding carboxylic acids is 1. The predicted molar refractivity (Wildman–Crippen MR) is 96.6 cm³/mol. The molecule has 2 aromatic heterocycles. The van der Waals surface area contributed by atoms with E-state index in [-0.39, 0.29) is 23.7 Å². The summed E-state index contributed by atoms with van der Waals surface area (Å²) in [6.45, 7) is 2.60. The van der Waals surface area contributed by atoms with Crippen LogP contribution in [-0.4, -0.2) is 38.7 Å². The molecule has 1 aliphatic carbocycles. The van der Waals surface area contributed by atoms with Gasteiger partial charge in [0.05, 0.1) is 6.04 Å². The molecular weight excluding hydrogens is 375 g/mol. The van der Waals surface area contributed by atoms with Gasteiger partial charge in [-0.15, -0.1) is 0 Å². The molecule has 3 heterocycles. The van der Waals surface area contributed by atoms with Crippen molar-refractivity contribution < 1.29 is 18.0 Å². The zero-order chi connectivity index (χ0) is 19.9. The lowest BCUT2D eigenvalue weighted by Crippen LogP contribution is -2.24. The summed E-state index contributed by atoms with van der Waals surface area (Å²) in [6, 6.07) is 1.92. The number of alkyl halides is 3. The van der Waals surface area contributed by atoms with Crippen molar-refractivity contribution in [1.29, 1.82) is 0 Å². The molecule has 2 aliphatic rings. The van der Waals surface area contributed by atoms with Gasteiger partial charge >= 0.3 is 6.18 Å². The molecule has 0 aromatic carbocycles. The maximum atomic E-state index is 13.1. The number of nitrogens with one attached hydrogen (secondary N) is 2. The molecule has 28 heavy (non-hydrogen) atoms. The number of rotatable bonds is 6. The maximum Gasteiger partial charge on any atom is 0.421 e. The van der Waals surface area contributed by atoms with Gasteiger partial charge in [-0.2, -0.15) is 23.3 Å². The van der Waals surface area contributed by atoms with Crippen molar-refractivity contribution in [3.05, 3.63) is 17.8 Å². The van der Waals surface area contributed by atoms with Crippen molar-refractivity contribution in [2.24, 2.45) is 0 Å². The molecule has 1 saturated carbocycles. The highest BCUT2D eigenvalue weighted by atomic mass is 19.4. The molecule has 0 spiro atoms. The molecule has 2 fully saturated rings. The molecule has 150 valence electrons. The number of hydrogen-bond acceptors (Lipinski definition) is 6. The zero-order valence-corrected chi connectivity index (χ0v) is 15.3. The van der Waals surface area contributed by atoms with E-state index in [0.717, 1.165) is 25.5 Å². The lowest BCUT2D eigenvalue weighted by Gasteiger charge is -2.14. The third kappa shape index (κ3) is 3.60. The second-order valence-electron chi connectivity index (χ2n) is 6.82. The Kier molecular flexibility index (Phi) is 4.60. The molecule has 1 aliphatic heterocycles. The fraction of sp³-hybridized carbons (Fsp3) is 0.529. The smallest absolute Gasteiger partial charge is 0.370 e. The van der Waals surface area contributed by atoms with E-state index in [4.69, 9.17) is 0 Å². The van der Waals surface area contributed by atoms with E-state index < -0.39 is 11.7 Å². The first-order valence-corrected chi connectivity index (χ1v) is 9.22. The van der Waals surface area contributed by atoms with Crippen LogP contribution in [0, 0.1) is 0 Å². The number of nitrogens with zero attached hydrogens (tertiary/aromatic N) is 5. The van der Waals surface area contributed by atoms with Crippen molar-refractivity contribution >= 4 is 29.3 Å². The van der Waals surface area contributed by atoms with E-state index in [2.05, 4.69) is 25.7 Å². The van der Waals surface area contributed by atoms with Crippen LogP contribution in [0.1, 0.15) is 44.2 Å². The summed E-state index contributed by atoms with van der Waals surface area (Å²) in [7, 11) is 0. The first-order chi connectivity index (χ1) is 13.4. The van der Waals surface area contributed by atoms with E-state index in [1.807, 2.05) is 0 Å². The van der Waals surface area contributed by atoms with Gasteiger partial charge in [0.2, 0.25) is 11.9 Å². The second-order valence-corrected chi connectivity index (χ2v) is 6.82. The van der Waals surface area contributed by atoms with Crippen molar-refractivity contribution in [3.63, 3.8) is 0 Å². The fourth-order valence-electron chi connectivity index (χ4n) is 3.16. The van der Waals surface area contributed by atoms with Gasteiger partial charge in [0.15, 0.2) is 5.82 Å². The molecule has 11 heteroatoms. The van der Waals surface area contributed by atoms with Gasteiger partial charge in [-0.1, -0.05) is 0 Å². The van der Waals surface area contributed by atoms with Crippen molar-refractivity contribution in [3.8, 4) is 0 Å². The number of carbonyl (C=O) groups is 1. The molecule has 0 atom stereocenters. The Bertz CT molecular complexity index is 891. The Morgan fingerprint density at radius 3 is 2.71 bits per heavy atom. The SMILES string of the molecule is CCNc1nc(Nc2cc(N3CCCC3=O)nn2C2CC2)ncc1C(F)(F)F. The molecule has 2 aromatic rings. The van der Waals surface area contributed by atoms with Crippen LogP contribution in [0.4, 0.5) is 36.6 Å². The summed E-state index contributed by atoms with van der Waals surface area (Å²) in [5, 5.41) is 10.1. The minimum Gasteiger partial charge on any atom is -0.370 e. The van der Waals surface area contributed by atoms with E-state index >= 15 is 0 Å². The Morgan fingerprint density at radius 1 is 1.32 bits per heavy atom. The second kappa shape index (κ2) is 6.95. The molecule has 0 radical (unpaired) electrons. The number of hydrogen-bond donors (Lipinski definition) is 2. The first kappa shape index (κ1) is 18.5. The summed E-state index contributed by atoms with van der Waals surface area (Å²) in [6.07, 6.45) is -0.593. The average Bonchev–Trinajstić information content (AvgIpc) is 3.25. The number of anilines is 4. The van der Waals surface area contributed by atoms with Crippen LogP contribution in [0.15, 0.2) is 12.3 Å². The van der Waals surface area contributed by atoms with Gasteiger partial charge < -0.3 is 10.6 Å². The van der Waals surface area contributed by atoms with Crippen LogP contribution < -0.4 is 15.5 Å². The highest BCUT2D eigenvalue weighted by Crippen LogP contribution is 2.39. The molecule has 1 amide bonds. The van der Waals surface area contributed by atoms with Crippen LogP contribution in [0.25, 0.3) is 0 Å². The summed E-state index contributed by atoms with van der Waals surface area (Å²) in [5.74, 6) is 0.868. The van der Waals surface area contributed by atoms with Gasteiger partial charge in [-0.05, 0) is 26.2 Å². The monoisotopic (exact) mass is 395 g/mol. The van der Waals surface area contributed by atoms with Gasteiger partial charge in [-0.3, -0.25) is 9.69 Å². The zero-order valence-electron chi connectivity index (χ0n) is 15.3. The standard InChI is InChI=1S/C17H20F3N7O/c1-2-21-15-11(17(18,19)20)9-22-16(24-15)23-12-8-13(25-27(12)10-5-6-10)26-7-3-4-14(26)28/h8-10H,2-7H2,1H3,(H2,21,22,23,24). The number of halogens is 3. The van der Waals surface area contributed by atoms with Crippen LogP contribution >= 0.6 is 0 Å². The lowest BCUT2D eigenvalue weighted by atomic mass is 10.3. The fourth-order valence-corrected chi connectivity index (χ4v) is 3.16. The minimum atomic E-state index is -4.55. The van der Waals surface area contributed by atoms with E-state index in [9.17, 15) is 18.0 Å². The Balaban J connectivity index is 1.64. The normalized spacial score (nSPS) is 17.3. The van der Waals surface area contributed by atoms with Crippen LogP contribution in [0.5, 0.6) is 0 Å². The Morgan fingerprint density at radius 2 is 2.11 bits per heavy atom. The minimum absolute atomic E-state index is 0.0206. The van der Waals surface area contributed by atoms with Gasteiger partial charge in [0, 0.05) is 31.8 Å². The van der Waals surface area contributed by atoms with E-state index in [1.54, 1.807) is 22.6 Å². The van der Waals surface area contributed by atoms with Gasteiger partial charge in [0.1, 0.15) is 17.2 Å². The highest BCUT2D eigenvalue weighted by molar-refractivity contribution is 5.94. The highest BCUT2D eigenvalue weighted by Gasteiger charge is 2.35. The molecule has 8 nitrogen and oxygen atoms in total. The first-order valence-electron chi connectivity index (χ1n) is 9.22. The van der Waals surface area contributed by atoms with E-state index in [0.29, 0.717) is 31.1 Å². The summed E-state index contributed by atoms with van der Waals surface area (Å²) in [5.41, 5.74) is -0.918. The Hall–Kier alpha value is -2.85. The molecule has 0 bridgehead atoms. The average molecular weight is 395 g/mol. The van der Waals surface area contributed by atoms with Crippen LogP contribution in [0.3, 0.4) is 0 Å². The molecular formula is C17H20F3N7O. The third-order valence-electron chi connectivity index (χ3n) is 4.64. The third-order valence-corrected chi connectivity index (χ3v) is 4.64. The Labute approximate surface area is 159 Å². The molecule has 0 unspecified atom stereocenters. The molecule has 4 rings (SSSR count). The quantitative estimate of drug-likeness (QED) is 0.780. The van der Waals surface area contributed by atoms with Crippen molar-refractivity contribution in [2.75, 3.05) is 28.6 Å². The molecule has 2 N–H and O–H groups in total. The van der Waals surface area contributed by atoms with Crippen LogP contribution in [0.2, 0.25) is 0 Å². The van der Waals surface area contributed by atoms with E-state index in [1.165, 1.54) is 0 Å². The maximum absolute atomic E-state index is 13.1. The largest absolute Gasteiger partial charge is 0.421 e. The van der Waals surface area contributed by atoms with Crippen molar-refractivity contribution in [2.45, 2.75) is 44.8 Å². The lowest BCUT2D eigenvalue weighted by molar-refractivity contribution is -0.137. The summed E-state index contributed by atoms with van der Waals surface area (Å²) in [4.78, 5) is 21.4. The summed E-state index contributed by atoms with van der Waals surface area (Å²) >= 11 is 0.